The Hall–Kier alpha value is -3.53. The Labute approximate surface area is 186 Å². The Balaban J connectivity index is 1.57. The number of amides is 1. The molecule has 10 heteroatoms. The van der Waals surface area contributed by atoms with Crippen LogP contribution in [-0.4, -0.2) is 47.9 Å². The van der Waals surface area contributed by atoms with Crippen molar-refractivity contribution in [3.8, 4) is 22.2 Å². The largest absolute Gasteiger partial charge is 0.485 e. The molecule has 0 aliphatic carbocycles. The number of carbonyl (C=O) groups is 1. The number of fused-ring (bicyclic) bond motifs is 4. The van der Waals surface area contributed by atoms with Crippen molar-refractivity contribution in [2.24, 2.45) is 0 Å². The highest BCUT2D eigenvalue weighted by molar-refractivity contribution is 7.22. The lowest BCUT2D eigenvalue weighted by Crippen LogP contribution is -2.34. The molecular weight excluding hydrogens is 435 g/mol. The molecule has 164 valence electrons. The van der Waals surface area contributed by atoms with Crippen molar-refractivity contribution in [2.45, 2.75) is 19.4 Å². The minimum Gasteiger partial charge on any atom is -0.485 e. The van der Waals surface area contributed by atoms with Gasteiger partial charge in [-0.15, -0.1) is 11.3 Å². The first kappa shape index (κ1) is 20.4. The van der Waals surface area contributed by atoms with E-state index in [0.29, 0.717) is 28.9 Å². The Morgan fingerprint density at radius 1 is 1.28 bits per heavy atom. The maximum atomic E-state index is 14.8. The lowest BCUT2D eigenvalue weighted by atomic mass is 10.1. The standard InChI is InChI=1S/C22H19FN4O4S/c1-10-4-12(18-15(5-10)26-17(29-2)9-24-18)21-27-16-7-14(23)19-13(20(16)32-21)6-11(31-19)8-25-22(28)30-3/h4-5,7,9,11H,6,8H2,1-3H3,(H,25,28). The molecule has 0 radical (unpaired) electrons. The van der Waals surface area contributed by atoms with E-state index in [9.17, 15) is 9.18 Å². The maximum absolute atomic E-state index is 14.8. The number of benzene rings is 2. The fourth-order valence-corrected chi connectivity index (χ4v) is 4.95. The molecule has 1 aliphatic rings. The van der Waals surface area contributed by atoms with Gasteiger partial charge in [-0.05, 0) is 24.6 Å². The number of methoxy groups -OCH3 is 2. The number of nitrogens with one attached hydrogen (secondary N) is 1. The zero-order valence-corrected chi connectivity index (χ0v) is 18.4. The van der Waals surface area contributed by atoms with Crippen molar-refractivity contribution in [3.63, 3.8) is 0 Å². The van der Waals surface area contributed by atoms with Gasteiger partial charge in [0.2, 0.25) is 5.88 Å². The molecule has 0 saturated carbocycles. The second kappa shape index (κ2) is 7.86. The van der Waals surface area contributed by atoms with Crippen LogP contribution in [0.4, 0.5) is 9.18 Å². The molecule has 1 atom stereocenters. The number of ether oxygens (including phenoxy) is 3. The molecule has 5 rings (SSSR count). The molecule has 2 aromatic heterocycles. The topological polar surface area (TPSA) is 95.5 Å². The number of carbonyl (C=O) groups excluding carboxylic acids is 1. The third kappa shape index (κ3) is 3.46. The van der Waals surface area contributed by atoms with Crippen molar-refractivity contribution in [1.29, 1.82) is 0 Å². The highest BCUT2D eigenvalue weighted by Crippen LogP contribution is 2.43. The molecule has 4 aromatic rings. The normalized spacial score (nSPS) is 14.9. The smallest absolute Gasteiger partial charge is 0.406 e. The minimum atomic E-state index is -0.556. The molecule has 2 aromatic carbocycles. The van der Waals surface area contributed by atoms with Crippen molar-refractivity contribution in [3.05, 3.63) is 41.3 Å². The van der Waals surface area contributed by atoms with Crippen molar-refractivity contribution in [1.82, 2.24) is 20.3 Å². The third-order valence-corrected chi connectivity index (χ3v) is 6.43. The fourth-order valence-electron chi connectivity index (χ4n) is 3.84. The van der Waals surface area contributed by atoms with Gasteiger partial charge in [0.05, 0.1) is 48.2 Å². The van der Waals surface area contributed by atoms with Gasteiger partial charge in [0, 0.05) is 23.6 Å². The summed E-state index contributed by atoms with van der Waals surface area (Å²) in [6.45, 7) is 2.19. The molecule has 0 spiro atoms. The summed E-state index contributed by atoms with van der Waals surface area (Å²) in [5, 5.41) is 3.32. The van der Waals surface area contributed by atoms with Gasteiger partial charge in [-0.25, -0.2) is 24.1 Å². The van der Waals surface area contributed by atoms with Crippen LogP contribution in [0.25, 0.3) is 31.8 Å². The van der Waals surface area contributed by atoms with E-state index in [2.05, 4.69) is 20.0 Å². The summed E-state index contributed by atoms with van der Waals surface area (Å²) in [6, 6.07) is 5.32. The molecule has 1 aliphatic heterocycles. The Bertz CT molecular complexity index is 1370. The van der Waals surface area contributed by atoms with Gasteiger partial charge in [0.1, 0.15) is 11.1 Å². The van der Waals surface area contributed by atoms with Crippen LogP contribution in [0, 0.1) is 12.7 Å². The molecule has 8 nitrogen and oxygen atoms in total. The van der Waals surface area contributed by atoms with Crippen LogP contribution in [0.3, 0.4) is 0 Å². The average Bonchev–Trinajstić information content (AvgIpc) is 3.40. The number of halogens is 1. The zero-order chi connectivity index (χ0) is 22.4. The van der Waals surface area contributed by atoms with E-state index < -0.39 is 11.9 Å². The summed E-state index contributed by atoms with van der Waals surface area (Å²) in [5.41, 5.74) is 4.54. The quantitative estimate of drug-likeness (QED) is 0.498. The predicted molar refractivity (Wildman–Crippen MR) is 118 cm³/mol. The lowest BCUT2D eigenvalue weighted by molar-refractivity contribution is 0.160. The number of alkyl carbamates (subject to hydrolysis) is 1. The molecule has 3 heterocycles. The van der Waals surface area contributed by atoms with E-state index in [4.69, 9.17) is 14.5 Å². The van der Waals surface area contributed by atoms with E-state index in [1.807, 2.05) is 19.1 Å². The summed E-state index contributed by atoms with van der Waals surface area (Å²) in [4.78, 5) is 25.1. The molecular formula is C22H19FN4O4S. The van der Waals surface area contributed by atoms with E-state index >= 15 is 0 Å². The SMILES string of the molecule is COC(=O)NCC1Cc2c(c(F)cc3nc(-c4cc(C)cc5nc(OC)cnc45)sc23)O1. The van der Waals surface area contributed by atoms with Crippen LogP contribution in [0.1, 0.15) is 11.1 Å². The summed E-state index contributed by atoms with van der Waals surface area (Å²) in [5.74, 6) is 0.175. The lowest BCUT2D eigenvalue weighted by Gasteiger charge is -2.10. The van der Waals surface area contributed by atoms with E-state index in [0.717, 1.165) is 26.4 Å². The van der Waals surface area contributed by atoms with Crippen molar-refractivity contribution < 1.29 is 23.4 Å². The first-order valence-electron chi connectivity index (χ1n) is 9.89. The average molecular weight is 454 g/mol. The highest BCUT2D eigenvalue weighted by Gasteiger charge is 2.30. The van der Waals surface area contributed by atoms with E-state index in [-0.39, 0.29) is 18.4 Å². The van der Waals surface area contributed by atoms with Crippen molar-refractivity contribution >= 4 is 38.7 Å². The number of hydrogen-bond donors (Lipinski definition) is 1. The highest BCUT2D eigenvalue weighted by atomic mass is 32.1. The van der Waals surface area contributed by atoms with Crippen LogP contribution >= 0.6 is 11.3 Å². The summed E-state index contributed by atoms with van der Waals surface area (Å²) < 4.78 is 31.2. The van der Waals surface area contributed by atoms with Gasteiger partial charge in [0.15, 0.2) is 11.6 Å². The van der Waals surface area contributed by atoms with Crippen LogP contribution in [0.15, 0.2) is 24.4 Å². The minimum absolute atomic E-state index is 0.211. The number of aryl methyl sites for hydroxylation is 1. The maximum Gasteiger partial charge on any atom is 0.406 e. The van der Waals surface area contributed by atoms with Gasteiger partial charge in [-0.2, -0.15) is 0 Å². The number of thiazole rings is 1. The first-order valence-corrected chi connectivity index (χ1v) is 10.7. The molecule has 0 bridgehead atoms. The zero-order valence-electron chi connectivity index (χ0n) is 17.6. The molecule has 0 saturated heterocycles. The molecule has 1 N–H and O–H groups in total. The van der Waals surface area contributed by atoms with Crippen LogP contribution in [0.5, 0.6) is 11.6 Å². The summed E-state index contributed by atoms with van der Waals surface area (Å²) in [6.07, 6.45) is 1.09. The van der Waals surface area contributed by atoms with Gasteiger partial charge in [-0.1, -0.05) is 0 Å². The number of hydrogen-bond acceptors (Lipinski definition) is 8. The number of rotatable bonds is 4. The second-order valence-electron chi connectivity index (χ2n) is 7.44. The third-order valence-electron chi connectivity index (χ3n) is 5.27. The monoisotopic (exact) mass is 454 g/mol. The Kier molecular flexibility index (Phi) is 5.01. The molecule has 32 heavy (non-hydrogen) atoms. The summed E-state index contributed by atoms with van der Waals surface area (Å²) >= 11 is 1.46. The molecule has 0 fully saturated rings. The summed E-state index contributed by atoms with van der Waals surface area (Å²) in [7, 11) is 2.84. The van der Waals surface area contributed by atoms with Gasteiger partial charge in [0.25, 0.3) is 0 Å². The molecule has 1 amide bonds. The van der Waals surface area contributed by atoms with Gasteiger partial charge < -0.3 is 19.5 Å². The predicted octanol–water partition coefficient (Wildman–Crippen LogP) is 4.02. The number of nitrogens with zero attached hydrogens (tertiary/aromatic N) is 3. The Morgan fingerprint density at radius 3 is 2.91 bits per heavy atom. The molecule has 1 unspecified atom stereocenters. The van der Waals surface area contributed by atoms with E-state index in [1.54, 1.807) is 13.3 Å². The number of aromatic nitrogens is 3. The second-order valence-corrected chi connectivity index (χ2v) is 8.44. The van der Waals surface area contributed by atoms with Crippen molar-refractivity contribution in [2.75, 3.05) is 20.8 Å². The van der Waals surface area contributed by atoms with Gasteiger partial charge in [-0.3, -0.25) is 0 Å². The van der Waals surface area contributed by atoms with E-state index in [1.165, 1.54) is 24.5 Å². The first-order chi connectivity index (χ1) is 15.5. The van der Waals surface area contributed by atoms with Crippen LogP contribution in [-0.2, 0) is 11.2 Å². The van der Waals surface area contributed by atoms with Crippen LogP contribution in [0.2, 0.25) is 0 Å². The van der Waals surface area contributed by atoms with Gasteiger partial charge >= 0.3 is 6.09 Å². The fraction of sp³-hybridized carbons (Fsp3) is 0.273. The Morgan fingerprint density at radius 2 is 2.12 bits per heavy atom. The van der Waals surface area contributed by atoms with Crippen LogP contribution < -0.4 is 14.8 Å².